The molecule has 1 saturated heterocycles. The Morgan fingerprint density at radius 3 is 2.95 bits per heavy atom. The SMILES string of the molecule is Cc1c(CC2CCCNC2)c(Br)cc2c1OCCCO2. The van der Waals surface area contributed by atoms with Gasteiger partial charge in [-0.1, -0.05) is 15.9 Å². The molecule has 1 N–H and O–H groups in total. The molecule has 2 aliphatic rings. The Morgan fingerprint density at radius 2 is 2.15 bits per heavy atom. The monoisotopic (exact) mass is 339 g/mol. The molecule has 1 atom stereocenters. The van der Waals surface area contributed by atoms with Gasteiger partial charge in [-0.05, 0) is 62.4 Å². The van der Waals surface area contributed by atoms with Crippen LogP contribution in [-0.2, 0) is 6.42 Å². The van der Waals surface area contributed by atoms with Crippen LogP contribution in [0.25, 0.3) is 0 Å². The molecule has 4 heteroatoms. The zero-order chi connectivity index (χ0) is 13.9. The zero-order valence-electron chi connectivity index (χ0n) is 12.0. The van der Waals surface area contributed by atoms with E-state index in [2.05, 4.69) is 34.2 Å². The van der Waals surface area contributed by atoms with Gasteiger partial charge in [0.2, 0.25) is 0 Å². The first-order valence-electron chi connectivity index (χ1n) is 7.54. The van der Waals surface area contributed by atoms with Gasteiger partial charge in [-0.15, -0.1) is 0 Å². The summed E-state index contributed by atoms with van der Waals surface area (Å²) in [6.07, 6.45) is 4.66. The number of nitrogens with one attached hydrogen (secondary N) is 1. The normalized spacial score (nSPS) is 22.4. The Bertz CT molecular complexity index is 484. The Kier molecular flexibility index (Phi) is 4.51. The van der Waals surface area contributed by atoms with Gasteiger partial charge in [0.25, 0.3) is 0 Å². The summed E-state index contributed by atoms with van der Waals surface area (Å²) in [7, 11) is 0. The third kappa shape index (κ3) is 2.96. The van der Waals surface area contributed by atoms with Crippen molar-refractivity contribution in [2.24, 2.45) is 5.92 Å². The van der Waals surface area contributed by atoms with Gasteiger partial charge in [0.15, 0.2) is 11.5 Å². The molecule has 1 unspecified atom stereocenters. The van der Waals surface area contributed by atoms with E-state index in [9.17, 15) is 0 Å². The Labute approximate surface area is 129 Å². The second-order valence-corrected chi connectivity index (χ2v) is 6.61. The fraction of sp³-hybridized carbons (Fsp3) is 0.625. The number of hydrogen-bond acceptors (Lipinski definition) is 3. The van der Waals surface area contributed by atoms with Gasteiger partial charge >= 0.3 is 0 Å². The van der Waals surface area contributed by atoms with Crippen LogP contribution in [0.5, 0.6) is 11.5 Å². The Morgan fingerprint density at radius 1 is 1.30 bits per heavy atom. The van der Waals surface area contributed by atoms with Gasteiger partial charge in [-0.2, -0.15) is 0 Å². The molecule has 1 aromatic carbocycles. The van der Waals surface area contributed by atoms with Gasteiger partial charge in [0.05, 0.1) is 13.2 Å². The molecule has 3 rings (SSSR count). The molecule has 0 spiro atoms. The van der Waals surface area contributed by atoms with Crippen molar-refractivity contribution in [2.75, 3.05) is 26.3 Å². The first-order valence-corrected chi connectivity index (χ1v) is 8.33. The van der Waals surface area contributed by atoms with E-state index in [1.807, 2.05) is 0 Å². The minimum absolute atomic E-state index is 0.725. The average molecular weight is 340 g/mol. The van der Waals surface area contributed by atoms with Crippen LogP contribution >= 0.6 is 15.9 Å². The molecule has 2 aliphatic heterocycles. The maximum absolute atomic E-state index is 5.90. The van der Waals surface area contributed by atoms with Gasteiger partial charge < -0.3 is 14.8 Å². The third-order valence-corrected chi connectivity index (χ3v) is 4.96. The zero-order valence-corrected chi connectivity index (χ0v) is 13.6. The summed E-state index contributed by atoms with van der Waals surface area (Å²) in [5.74, 6) is 2.56. The maximum Gasteiger partial charge on any atom is 0.164 e. The molecule has 0 radical (unpaired) electrons. The van der Waals surface area contributed by atoms with Crippen LogP contribution in [0.1, 0.15) is 30.4 Å². The Hall–Kier alpha value is -0.740. The molecule has 1 aromatic rings. The van der Waals surface area contributed by atoms with Gasteiger partial charge in [0, 0.05) is 10.9 Å². The van der Waals surface area contributed by atoms with E-state index in [1.54, 1.807) is 0 Å². The van der Waals surface area contributed by atoms with Crippen molar-refractivity contribution < 1.29 is 9.47 Å². The van der Waals surface area contributed by atoms with Crippen LogP contribution in [0.2, 0.25) is 0 Å². The lowest BCUT2D eigenvalue weighted by Crippen LogP contribution is -2.31. The molecular formula is C16H22BrNO2. The summed E-state index contributed by atoms with van der Waals surface area (Å²) in [4.78, 5) is 0. The summed E-state index contributed by atoms with van der Waals surface area (Å²) < 4.78 is 12.8. The highest BCUT2D eigenvalue weighted by molar-refractivity contribution is 9.10. The number of ether oxygens (including phenoxy) is 2. The van der Waals surface area contributed by atoms with Crippen molar-refractivity contribution in [3.63, 3.8) is 0 Å². The number of fused-ring (bicyclic) bond motifs is 1. The summed E-state index contributed by atoms with van der Waals surface area (Å²) in [6, 6.07) is 2.08. The van der Waals surface area contributed by atoms with Crippen LogP contribution in [0.3, 0.4) is 0 Å². The Balaban J connectivity index is 1.88. The van der Waals surface area contributed by atoms with Gasteiger partial charge in [-0.3, -0.25) is 0 Å². The van der Waals surface area contributed by atoms with Crippen molar-refractivity contribution >= 4 is 15.9 Å². The second kappa shape index (κ2) is 6.35. The van der Waals surface area contributed by atoms with E-state index in [-0.39, 0.29) is 0 Å². The van der Waals surface area contributed by atoms with Crippen LogP contribution in [0.4, 0.5) is 0 Å². The van der Waals surface area contributed by atoms with E-state index in [1.165, 1.54) is 24.0 Å². The smallest absolute Gasteiger partial charge is 0.164 e. The highest BCUT2D eigenvalue weighted by Crippen LogP contribution is 2.40. The predicted octanol–water partition coefficient (Wildman–Crippen LogP) is 3.46. The minimum atomic E-state index is 0.725. The third-order valence-electron chi connectivity index (χ3n) is 4.25. The summed E-state index contributed by atoms with van der Waals surface area (Å²) in [5.41, 5.74) is 2.62. The van der Waals surface area contributed by atoms with E-state index in [0.717, 1.165) is 61.0 Å². The lowest BCUT2D eigenvalue weighted by atomic mass is 9.90. The van der Waals surface area contributed by atoms with Crippen LogP contribution in [0.15, 0.2) is 10.5 Å². The molecule has 2 heterocycles. The lowest BCUT2D eigenvalue weighted by Gasteiger charge is -2.25. The molecule has 110 valence electrons. The second-order valence-electron chi connectivity index (χ2n) is 5.76. The van der Waals surface area contributed by atoms with Crippen LogP contribution in [-0.4, -0.2) is 26.3 Å². The van der Waals surface area contributed by atoms with Gasteiger partial charge in [0.1, 0.15) is 0 Å². The standard InChI is InChI=1S/C16H22BrNO2/c1-11-13(8-12-4-2-5-18-10-12)14(17)9-15-16(11)20-7-3-6-19-15/h9,12,18H,2-8,10H2,1H3. The number of halogens is 1. The van der Waals surface area contributed by atoms with E-state index < -0.39 is 0 Å². The van der Waals surface area contributed by atoms with E-state index in [0.29, 0.717) is 0 Å². The van der Waals surface area contributed by atoms with Crippen LogP contribution < -0.4 is 14.8 Å². The fourth-order valence-electron chi connectivity index (χ4n) is 3.11. The number of piperidine rings is 1. The van der Waals surface area contributed by atoms with Crippen molar-refractivity contribution in [2.45, 2.75) is 32.6 Å². The molecular weight excluding hydrogens is 318 g/mol. The van der Waals surface area contributed by atoms with Gasteiger partial charge in [-0.25, -0.2) is 0 Å². The molecule has 20 heavy (non-hydrogen) atoms. The fourth-order valence-corrected chi connectivity index (χ4v) is 3.78. The van der Waals surface area contributed by atoms with Crippen molar-refractivity contribution in [3.8, 4) is 11.5 Å². The predicted molar refractivity (Wildman–Crippen MR) is 83.8 cm³/mol. The first-order chi connectivity index (χ1) is 9.75. The molecule has 0 bridgehead atoms. The van der Waals surface area contributed by atoms with E-state index in [4.69, 9.17) is 9.47 Å². The average Bonchev–Trinajstić information content (AvgIpc) is 2.70. The number of rotatable bonds is 2. The minimum Gasteiger partial charge on any atom is -0.490 e. The molecule has 0 amide bonds. The van der Waals surface area contributed by atoms with Crippen LogP contribution in [0, 0.1) is 12.8 Å². The van der Waals surface area contributed by atoms with E-state index >= 15 is 0 Å². The van der Waals surface area contributed by atoms with Crippen molar-refractivity contribution in [1.29, 1.82) is 0 Å². The lowest BCUT2D eigenvalue weighted by molar-refractivity contribution is 0.296. The quantitative estimate of drug-likeness (QED) is 0.894. The maximum atomic E-state index is 5.90. The largest absolute Gasteiger partial charge is 0.490 e. The highest BCUT2D eigenvalue weighted by Gasteiger charge is 2.21. The molecule has 0 aromatic heterocycles. The summed E-state index contributed by atoms with van der Waals surface area (Å²) in [6.45, 7) is 5.94. The van der Waals surface area contributed by atoms with Crippen molar-refractivity contribution in [1.82, 2.24) is 5.32 Å². The first kappa shape index (κ1) is 14.2. The number of hydrogen-bond donors (Lipinski definition) is 1. The summed E-state index contributed by atoms with van der Waals surface area (Å²) >= 11 is 3.72. The molecule has 0 aliphatic carbocycles. The molecule has 3 nitrogen and oxygen atoms in total. The highest BCUT2D eigenvalue weighted by atomic mass is 79.9. The molecule has 1 fully saturated rings. The summed E-state index contributed by atoms with van der Waals surface area (Å²) in [5, 5.41) is 3.50. The number of benzene rings is 1. The van der Waals surface area contributed by atoms with Crippen molar-refractivity contribution in [3.05, 3.63) is 21.7 Å². The topological polar surface area (TPSA) is 30.5 Å². The molecule has 0 saturated carbocycles.